The summed E-state index contributed by atoms with van der Waals surface area (Å²) in [6.45, 7) is 7.85. The molecule has 2 aromatic heterocycles. The van der Waals surface area contributed by atoms with Gasteiger partial charge in [-0.25, -0.2) is 9.36 Å². The summed E-state index contributed by atoms with van der Waals surface area (Å²) in [6, 6.07) is 11.2. The van der Waals surface area contributed by atoms with Crippen molar-refractivity contribution < 1.29 is 19.1 Å². The Hall–Kier alpha value is -2.24. The number of rotatable bonds is 4. The second kappa shape index (κ2) is 16.6. The highest BCUT2D eigenvalue weighted by Gasteiger charge is 2.32. The predicted molar refractivity (Wildman–Crippen MR) is 217 cm³/mol. The maximum absolute atomic E-state index is 13.1. The number of halogens is 4. The number of hydrogen-bond acceptors (Lipinski definition) is 6. The zero-order chi connectivity index (χ0) is 36.5. The Morgan fingerprint density at radius 1 is 0.731 bits per heavy atom. The summed E-state index contributed by atoms with van der Waals surface area (Å²) in [4.78, 5) is 29.7. The van der Waals surface area contributed by atoms with E-state index in [9.17, 15) is 9.59 Å². The number of aryl methyl sites for hydroxylation is 2. The molecule has 6 heterocycles. The van der Waals surface area contributed by atoms with Crippen LogP contribution in [0, 0.1) is 21.2 Å². The summed E-state index contributed by atoms with van der Waals surface area (Å²) >= 11 is 17.4. The molecule has 0 spiro atoms. The molecule has 2 saturated heterocycles. The van der Waals surface area contributed by atoms with Crippen LogP contribution in [0.1, 0.15) is 105 Å². The van der Waals surface area contributed by atoms with Crippen molar-refractivity contribution in [2.24, 2.45) is 0 Å². The topological polar surface area (TPSA) is 94.7 Å². The number of hydrogen-bond donors (Lipinski definition) is 0. The maximum Gasteiger partial charge on any atom is 0.255 e. The molecule has 0 bridgehead atoms. The highest BCUT2D eigenvalue weighted by Crippen LogP contribution is 2.33. The molecule has 0 N–H and O–H groups in total. The van der Waals surface area contributed by atoms with E-state index in [2.05, 4.69) is 45.2 Å². The summed E-state index contributed by atoms with van der Waals surface area (Å²) in [5.41, 5.74) is 7.56. The molecule has 2 amide bonds. The average Bonchev–Trinajstić information content (AvgIpc) is 3.69. The van der Waals surface area contributed by atoms with Crippen molar-refractivity contribution in [2.75, 3.05) is 26.3 Å². The number of ether oxygens (including phenoxy) is 2. The van der Waals surface area contributed by atoms with Gasteiger partial charge in [-0.1, -0.05) is 47.5 Å². The van der Waals surface area contributed by atoms with E-state index < -0.39 is 0 Å². The summed E-state index contributed by atoms with van der Waals surface area (Å²) in [7, 11) is 0. The maximum atomic E-state index is 13.1. The molecule has 0 aliphatic carbocycles. The van der Waals surface area contributed by atoms with Crippen LogP contribution >= 0.6 is 68.4 Å². The highest BCUT2D eigenvalue weighted by atomic mass is 127. The van der Waals surface area contributed by atoms with E-state index in [0.29, 0.717) is 47.4 Å². The normalized spacial score (nSPS) is 20.1. The minimum atomic E-state index is -0.0252. The summed E-state index contributed by atoms with van der Waals surface area (Å²) in [5.74, 6) is -0.0421. The number of carbonyl (C=O) groups excluding carboxylic acids is 2. The molecule has 14 heteroatoms. The molecular formula is C38H42Cl2I2N6O4. The van der Waals surface area contributed by atoms with Crippen molar-refractivity contribution in [3.05, 3.63) is 98.6 Å². The van der Waals surface area contributed by atoms with Crippen LogP contribution in [0.4, 0.5) is 0 Å². The van der Waals surface area contributed by atoms with Crippen LogP contribution in [0.2, 0.25) is 10.0 Å². The monoisotopic (exact) mass is 970 g/mol. The summed E-state index contributed by atoms with van der Waals surface area (Å²) < 4.78 is 18.0. The molecule has 0 saturated carbocycles. The third kappa shape index (κ3) is 7.79. The minimum Gasteiger partial charge on any atom is -0.357 e. The quantitative estimate of drug-likeness (QED) is 0.190. The van der Waals surface area contributed by atoms with E-state index in [1.54, 1.807) is 12.1 Å². The van der Waals surface area contributed by atoms with E-state index in [-0.39, 0.29) is 24.3 Å². The molecule has 2 aromatic carbocycles. The summed E-state index contributed by atoms with van der Waals surface area (Å²) in [6.07, 6.45) is 8.15. The van der Waals surface area contributed by atoms with Gasteiger partial charge in [-0.05, 0) is 134 Å². The second-order valence-corrected chi connectivity index (χ2v) is 16.6. The van der Waals surface area contributed by atoms with Crippen molar-refractivity contribution in [1.82, 2.24) is 29.4 Å². The van der Waals surface area contributed by atoms with Gasteiger partial charge in [0.05, 0.1) is 45.6 Å². The molecule has 276 valence electrons. The van der Waals surface area contributed by atoms with Gasteiger partial charge in [0.1, 0.15) is 7.40 Å². The van der Waals surface area contributed by atoms with Gasteiger partial charge in [0.2, 0.25) is 0 Å². The van der Waals surface area contributed by atoms with Crippen molar-refractivity contribution in [3.63, 3.8) is 0 Å². The van der Waals surface area contributed by atoms with Gasteiger partial charge < -0.3 is 19.3 Å². The Labute approximate surface area is 341 Å². The zero-order valence-electron chi connectivity index (χ0n) is 29.3. The first kappa shape index (κ1) is 38.1. The molecule has 52 heavy (non-hydrogen) atoms. The van der Waals surface area contributed by atoms with Crippen LogP contribution in [0.25, 0.3) is 0 Å². The van der Waals surface area contributed by atoms with Gasteiger partial charge in [0, 0.05) is 37.4 Å². The van der Waals surface area contributed by atoms with Crippen LogP contribution in [0.5, 0.6) is 0 Å². The van der Waals surface area contributed by atoms with Crippen molar-refractivity contribution in [2.45, 2.75) is 90.8 Å². The molecule has 2 unspecified atom stereocenters. The standard InChI is InChI=1S/2C19H21ClIN3O2/c1-12-5-4-6-14(17(12)20)19(25)23-9-8-13-15(11-23)24(22-18(13)21)16-7-2-3-10-26-16;1-12-5-4-6-14(17(12)20)19(25)23-9-8-13-15(11-23)22-24(18(13)21)16-7-2-3-10-26-16/h2*4-6,16H,2-3,7-11H2,1H3. The highest BCUT2D eigenvalue weighted by molar-refractivity contribution is 14.1. The first-order valence-corrected chi connectivity index (χ1v) is 20.9. The molecular weight excluding hydrogens is 929 g/mol. The number of carbonyl (C=O) groups is 2. The Bertz CT molecular complexity index is 1970. The average molecular weight is 972 g/mol. The molecule has 8 rings (SSSR count). The molecule has 2 fully saturated rings. The van der Waals surface area contributed by atoms with Gasteiger partial charge in [-0.2, -0.15) is 10.2 Å². The first-order valence-electron chi connectivity index (χ1n) is 18.0. The van der Waals surface area contributed by atoms with Crippen molar-refractivity contribution in [3.8, 4) is 0 Å². The fourth-order valence-electron chi connectivity index (χ4n) is 7.34. The van der Waals surface area contributed by atoms with E-state index in [1.165, 1.54) is 17.5 Å². The number of fused-ring (bicyclic) bond motifs is 2. The number of amides is 2. The molecule has 0 radical (unpaired) electrons. The molecule has 4 aromatic rings. The van der Waals surface area contributed by atoms with E-state index in [0.717, 1.165) is 88.1 Å². The van der Waals surface area contributed by atoms with Gasteiger partial charge in [-0.15, -0.1) is 0 Å². The third-order valence-corrected chi connectivity index (χ3v) is 13.3. The lowest BCUT2D eigenvalue weighted by Gasteiger charge is -2.31. The molecule has 4 aliphatic rings. The molecule has 10 nitrogen and oxygen atoms in total. The van der Waals surface area contributed by atoms with E-state index in [4.69, 9.17) is 42.9 Å². The van der Waals surface area contributed by atoms with Crippen LogP contribution in [-0.4, -0.2) is 67.5 Å². The zero-order valence-corrected chi connectivity index (χ0v) is 35.2. The van der Waals surface area contributed by atoms with Gasteiger partial charge in [-0.3, -0.25) is 9.59 Å². The van der Waals surface area contributed by atoms with Gasteiger partial charge in [0.15, 0.2) is 12.5 Å². The fraction of sp³-hybridized carbons (Fsp3) is 0.474. The first-order chi connectivity index (χ1) is 25.1. The summed E-state index contributed by atoms with van der Waals surface area (Å²) in [5, 5.41) is 10.6. The lowest BCUT2D eigenvalue weighted by Crippen LogP contribution is -2.37. The van der Waals surface area contributed by atoms with Crippen LogP contribution in [0.15, 0.2) is 36.4 Å². The smallest absolute Gasteiger partial charge is 0.255 e. The number of aromatic nitrogens is 4. The van der Waals surface area contributed by atoms with Crippen molar-refractivity contribution in [1.29, 1.82) is 0 Å². The third-order valence-electron chi connectivity index (χ3n) is 10.3. The van der Waals surface area contributed by atoms with Crippen LogP contribution in [-0.2, 0) is 35.4 Å². The minimum absolute atomic E-state index is 0.0152. The lowest BCUT2D eigenvalue weighted by atomic mass is 10.0. The van der Waals surface area contributed by atoms with Crippen LogP contribution < -0.4 is 0 Å². The second-order valence-electron chi connectivity index (χ2n) is 13.8. The lowest BCUT2D eigenvalue weighted by molar-refractivity contribution is -0.0423. The molecule has 4 aliphatic heterocycles. The predicted octanol–water partition coefficient (Wildman–Crippen LogP) is 8.69. The van der Waals surface area contributed by atoms with E-state index in [1.807, 2.05) is 57.3 Å². The van der Waals surface area contributed by atoms with Gasteiger partial charge >= 0.3 is 0 Å². The Morgan fingerprint density at radius 2 is 1.27 bits per heavy atom. The largest absolute Gasteiger partial charge is 0.357 e. The Kier molecular flexibility index (Phi) is 12.2. The number of nitrogens with zero attached hydrogens (tertiary/aromatic N) is 6. The van der Waals surface area contributed by atoms with E-state index >= 15 is 0 Å². The fourth-order valence-corrected chi connectivity index (χ4v) is 9.57. The van der Waals surface area contributed by atoms with Crippen LogP contribution in [0.3, 0.4) is 0 Å². The van der Waals surface area contributed by atoms with Gasteiger partial charge in [0.25, 0.3) is 11.8 Å². The SMILES string of the molecule is Cc1cccc(C(=O)N2CCc3c(I)nn(C4CCCCO4)c3C2)c1Cl.Cc1cccc(C(=O)N2CCc3c(nn(C4CCCCO4)c3I)C2)c1Cl. The number of benzene rings is 2. The van der Waals surface area contributed by atoms with Crippen molar-refractivity contribution >= 4 is 80.2 Å². The Morgan fingerprint density at radius 3 is 1.83 bits per heavy atom. The molecule has 2 atom stereocenters. The Balaban J connectivity index is 0.000000162.